The highest BCUT2D eigenvalue weighted by atomic mass is 32.2. The fourth-order valence-corrected chi connectivity index (χ4v) is 3.37. The minimum absolute atomic E-state index is 0.000954. The Hall–Kier alpha value is -3.07. The third-order valence-electron chi connectivity index (χ3n) is 3.76. The smallest absolute Gasteiger partial charge is 0.269 e. The quantitative estimate of drug-likeness (QED) is 0.568. The monoisotopic (exact) mass is 419 g/mol. The van der Waals surface area contributed by atoms with Crippen molar-refractivity contribution in [1.29, 1.82) is 0 Å². The number of carbonyl (C=O) groups excluding carboxylic acids is 2. The average Bonchev–Trinajstić information content (AvgIpc) is 2.66. The van der Waals surface area contributed by atoms with Gasteiger partial charge in [-0.05, 0) is 62.2 Å². The zero-order chi connectivity index (χ0) is 21.4. The van der Waals surface area contributed by atoms with Crippen LogP contribution in [0.5, 0.6) is 5.75 Å². The van der Waals surface area contributed by atoms with Crippen LogP contribution in [0, 0.1) is 0 Å². The van der Waals surface area contributed by atoms with Gasteiger partial charge < -0.3 is 4.74 Å². The summed E-state index contributed by atoms with van der Waals surface area (Å²) in [4.78, 5) is 23.9. The molecule has 0 atom stereocenters. The molecule has 0 aliphatic carbocycles. The van der Waals surface area contributed by atoms with Gasteiger partial charge in [-0.1, -0.05) is 19.1 Å². The van der Waals surface area contributed by atoms with Crippen LogP contribution in [0.4, 0.5) is 5.69 Å². The normalized spacial score (nSPS) is 11.0. The topological polar surface area (TPSA) is 114 Å². The summed E-state index contributed by atoms with van der Waals surface area (Å²) in [5.74, 6) is -1.63. The SMILES string of the molecule is CCc1ccc(C(=O)NNC(=O)CS(=O)(=O)Nc2ccc(OC(C)C)cc2)cc1. The largest absolute Gasteiger partial charge is 0.491 e. The molecule has 0 aliphatic rings. The first kappa shape index (κ1) is 22.2. The Morgan fingerprint density at radius 1 is 0.966 bits per heavy atom. The summed E-state index contributed by atoms with van der Waals surface area (Å²) < 4.78 is 32.1. The molecule has 0 radical (unpaired) electrons. The van der Waals surface area contributed by atoms with Gasteiger partial charge in [0.05, 0.1) is 6.10 Å². The molecule has 2 aromatic rings. The van der Waals surface area contributed by atoms with Crippen LogP contribution in [0.15, 0.2) is 48.5 Å². The first-order valence-corrected chi connectivity index (χ1v) is 10.8. The van der Waals surface area contributed by atoms with Crippen LogP contribution in [-0.4, -0.2) is 32.1 Å². The molecule has 0 spiro atoms. The Morgan fingerprint density at radius 2 is 1.59 bits per heavy atom. The maximum absolute atomic E-state index is 12.1. The van der Waals surface area contributed by atoms with Crippen molar-refractivity contribution in [3.63, 3.8) is 0 Å². The summed E-state index contributed by atoms with van der Waals surface area (Å²) in [7, 11) is -3.95. The molecule has 2 rings (SSSR count). The first-order chi connectivity index (χ1) is 13.7. The number of benzene rings is 2. The van der Waals surface area contributed by atoms with Gasteiger partial charge in [-0.25, -0.2) is 8.42 Å². The standard InChI is InChI=1S/C20H25N3O5S/c1-4-15-5-7-16(8-6-15)20(25)22-21-19(24)13-29(26,27)23-17-9-11-18(12-10-17)28-14(2)3/h5-12,14,23H,4,13H2,1-3H3,(H,21,24)(H,22,25). The molecule has 0 heterocycles. The Balaban J connectivity index is 1.85. The van der Waals surface area contributed by atoms with Crippen molar-refractivity contribution in [3.05, 3.63) is 59.7 Å². The molecule has 0 saturated carbocycles. The highest BCUT2D eigenvalue weighted by molar-refractivity contribution is 7.93. The second kappa shape index (κ2) is 9.92. The Bertz CT molecular complexity index is 939. The Kier molecular flexibility index (Phi) is 7.60. The number of anilines is 1. The van der Waals surface area contributed by atoms with E-state index in [1.165, 1.54) is 12.1 Å². The van der Waals surface area contributed by atoms with Crippen LogP contribution in [0.3, 0.4) is 0 Å². The van der Waals surface area contributed by atoms with E-state index >= 15 is 0 Å². The van der Waals surface area contributed by atoms with Crippen molar-refractivity contribution in [2.24, 2.45) is 0 Å². The number of hydrogen-bond acceptors (Lipinski definition) is 5. The lowest BCUT2D eigenvalue weighted by Crippen LogP contribution is -2.44. The number of hydrogen-bond donors (Lipinski definition) is 3. The second-order valence-electron chi connectivity index (χ2n) is 6.60. The van der Waals surface area contributed by atoms with Crippen molar-refractivity contribution in [1.82, 2.24) is 10.9 Å². The summed E-state index contributed by atoms with van der Waals surface area (Å²) in [5.41, 5.74) is 6.03. The lowest BCUT2D eigenvalue weighted by atomic mass is 10.1. The summed E-state index contributed by atoms with van der Waals surface area (Å²) in [5, 5.41) is 0. The van der Waals surface area contributed by atoms with E-state index in [9.17, 15) is 18.0 Å². The van der Waals surface area contributed by atoms with Crippen LogP contribution < -0.4 is 20.3 Å². The predicted octanol–water partition coefficient (Wildman–Crippen LogP) is 2.24. The lowest BCUT2D eigenvalue weighted by Gasteiger charge is -2.12. The molecule has 3 N–H and O–H groups in total. The number of aryl methyl sites for hydroxylation is 1. The fraction of sp³-hybridized carbons (Fsp3) is 0.300. The van der Waals surface area contributed by atoms with Crippen LogP contribution in [0.2, 0.25) is 0 Å². The molecule has 29 heavy (non-hydrogen) atoms. The van der Waals surface area contributed by atoms with E-state index in [-0.39, 0.29) is 6.10 Å². The van der Waals surface area contributed by atoms with Gasteiger partial charge in [0.15, 0.2) is 0 Å². The molecule has 0 saturated heterocycles. The maximum atomic E-state index is 12.1. The second-order valence-corrected chi connectivity index (χ2v) is 8.33. The molecular formula is C20H25N3O5S. The molecule has 0 aromatic heterocycles. The van der Waals surface area contributed by atoms with Gasteiger partial charge in [-0.15, -0.1) is 0 Å². The molecule has 2 amide bonds. The highest BCUT2D eigenvalue weighted by Gasteiger charge is 2.17. The van der Waals surface area contributed by atoms with Crippen molar-refractivity contribution >= 4 is 27.5 Å². The number of sulfonamides is 1. The minimum atomic E-state index is -3.95. The van der Waals surface area contributed by atoms with Gasteiger partial charge in [0.25, 0.3) is 11.8 Å². The van der Waals surface area contributed by atoms with E-state index in [4.69, 9.17) is 4.74 Å². The minimum Gasteiger partial charge on any atom is -0.491 e. The first-order valence-electron chi connectivity index (χ1n) is 9.14. The van der Waals surface area contributed by atoms with E-state index in [1.807, 2.05) is 32.9 Å². The van der Waals surface area contributed by atoms with E-state index in [2.05, 4.69) is 15.6 Å². The van der Waals surface area contributed by atoms with Crippen molar-refractivity contribution in [3.8, 4) is 5.75 Å². The van der Waals surface area contributed by atoms with Gasteiger partial charge in [0.2, 0.25) is 10.0 Å². The summed E-state index contributed by atoms with van der Waals surface area (Å²) >= 11 is 0. The molecule has 156 valence electrons. The number of ether oxygens (including phenoxy) is 1. The zero-order valence-electron chi connectivity index (χ0n) is 16.6. The van der Waals surface area contributed by atoms with E-state index < -0.39 is 27.6 Å². The molecule has 8 nitrogen and oxygen atoms in total. The van der Waals surface area contributed by atoms with E-state index in [0.717, 1.165) is 12.0 Å². The van der Waals surface area contributed by atoms with Crippen LogP contribution in [0.25, 0.3) is 0 Å². The lowest BCUT2D eigenvalue weighted by molar-refractivity contribution is -0.119. The van der Waals surface area contributed by atoms with Gasteiger partial charge in [-0.3, -0.25) is 25.2 Å². The van der Waals surface area contributed by atoms with Crippen LogP contribution >= 0.6 is 0 Å². The number of rotatable bonds is 8. The van der Waals surface area contributed by atoms with E-state index in [1.54, 1.807) is 24.3 Å². The van der Waals surface area contributed by atoms with Gasteiger partial charge in [-0.2, -0.15) is 0 Å². The molecule has 0 bridgehead atoms. The van der Waals surface area contributed by atoms with E-state index in [0.29, 0.717) is 17.0 Å². The molecule has 0 aliphatic heterocycles. The van der Waals surface area contributed by atoms with Gasteiger partial charge >= 0.3 is 0 Å². The van der Waals surface area contributed by atoms with Gasteiger partial charge in [0.1, 0.15) is 11.5 Å². The number of nitrogens with one attached hydrogen (secondary N) is 3. The summed E-state index contributed by atoms with van der Waals surface area (Å²) in [6.07, 6.45) is 0.845. The summed E-state index contributed by atoms with van der Waals surface area (Å²) in [6, 6.07) is 13.2. The number of hydrazine groups is 1. The third kappa shape index (κ3) is 7.46. The van der Waals surface area contributed by atoms with Crippen LogP contribution in [-0.2, 0) is 21.2 Å². The van der Waals surface area contributed by atoms with Gasteiger partial charge in [0, 0.05) is 11.3 Å². The molecule has 2 aromatic carbocycles. The molecule has 0 unspecified atom stereocenters. The summed E-state index contributed by atoms with van der Waals surface area (Å²) in [6.45, 7) is 5.76. The third-order valence-corrected chi connectivity index (χ3v) is 4.95. The predicted molar refractivity (Wildman–Crippen MR) is 111 cm³/mol. The van der Waals surface area contributed by atoms with Crippen molar-refractivity contribution in [2.45, 2.75) is 33.3 Å². The van der Waals surface area contributed by atoms with Crippen molar-refractivity contribution in [2.75, 3.05) is 10.5 Å². The van der Waals surface area contributed by atoms with Crippen LogP contribution in [0.1, 0.15) is 36.7 Å². The number of amides is 2. The maximum Gasteiger partial charge on any atom is 0.269 e. The molecule has 0 fully saturated rings. The Labute approximate surface area is 170 Å². The Morgan fingerprint density at radius 3 is 2.14 bits per heavy atom. The highest BCUT2D eigenvalue weighted by Crippen LogP contribution is 2.17. The fourth-order valence-electron chi connectivity index (χ4n) is 2.39. The molecule has 9 heteroatoms. The molecular weight excluding hydrogens is 394 g/mol. The average molecular weight is 420 g/mol. The van der Waals surface area contributed by atoms with Crippen molar-refractivity contribution < 1.29 is 22.7 Å². The zero-order valence-corrected chi connectivity index (χ0v) is 17.4. The number of carbonyl (C=O) groups is 2.